The van der Waals surface area contributed by atoms with E-state index >= 15 is 0 Å². The number of hydrogen-bond donors (Lipinski definition) is 1. The largest absolute Gasteiger partial charge is 0.479 e. The Morgan fingerprint density at radius 3 is 2.62 bits per heavy atom. The number of halogens is 1. The first-order chi connectivity index (χ1) is 11.5. The molecule has 0 radical (unpaired) electrons. The summed E-state index contributed by atoms with van der Waals surface area (Å²) in [6.45, 7) is 1.63. The van der Waals surface area contributed by atoms with E-state index in [0.29, 0.717) is 10.8 Å². The van der Waals surface area contributed by atoms with Gasteiger partial charge in [-0.2, -0.15) is 0 Å². The molecule has 7 heteroatoms. The molecule has 1 N–H and O–H groups in total. The van der Waals surface area contributed by atoms with E-state index < -0.39 is 18.1 Å². The first-order valence-corrected chi connectivity index (χ1v) is 8.58. The van der Waals surface area contributed by atoms with Gasteiger partial charge in [0, 0.05) is 4.88 Å². The number of nitrogens with one attached hydrogen (secondary N) is 1. The maximum atomic E-state index is 12.4. The highest BCUT2D eigenvalue weighted by Crippen LogP contribution is 2.25. The molecule has 0 spiro atoms. The topological polar surface area (TPSA) is 64.6 Å². The Balaban J connectivity index is 2.04. The van der Waals surface area contributed by atoms with Crippen LogP contribution in [0.5, 0.6) is 5.75 Å². The molecule has 0 saturated heterocycles. The van der Waals surface area contributed by atoms with Crippen LogP contribution in [0.25, 0.3) is 0 Å². The lowest BCUT2D eigenvalue weighted by Gasteiger charge is -2.20. The summed E-state index contributed by atoms with van der Waals surface area (Å²) in [5.41, 5.74) is 0. The SMILES string of the molecule is COC(=O)CC(NC(=O)C(C)Oc1ccccc1Cl)c1cccs1. The third-order valence-electron chi connectivity index (χ3n) is 3.31. The Hall–Kier alpha value is -2.05. The molecular weight excluding hydrogens is 350 g/mol. The third kappa shape index (κ3) is 4.97. The van der Waals surface area contributed by atoms with Crippen LogP contribution in [0.3, 0.4) is 0 Å². The average molecular weight is 368 g/mol. The fourth-order valence-electron chi connectivity index (χ4n) is 2.04. The molecule has 2 aromatic rings. The van der Waals surface area contributed by atoms with E-state index in [1.54, 1.807) is 31.2 Å². The van der Waals surface area contributed by atoms with Crippen molar-refractivity contribution < 1.29 is 19.1 Å². The standard InChI is InChI=1S/C17H18ClNO4S/c1-11(23-14-7-4-3-6-12(14)18)17(21)19-13(10-16(20)22-2)15-8-5-9-24-15/h3-9,11,13H,10H2,1-2H3,(H,19,21). The van der Waals surface area contributed by atoms with Gasteiger partial charge >= 0.3 is 5.97 Å². The first-order valence-electron chi connectivity index (χ1n) is 7.33. The second kappa shape index (κ2) is 8.70. The van der Waals surface area contributed by atoms with E-state index in [2.05, 4.69) is 5.32 Å². The minimum atomic E-state index is -0.759. The monoisotopic (exact) mass is 367 g/mol. The zero-order valence-electron chi connectivity index (χ0n) is 13.3. The Morgan fingerprint density at radius 2 is 2.00 bits per heavy atom. The summed E-state index contributed by atoms with van der Waals surface area (Å²) in [5.74, 6) is -0.298. The first kappa shape index (κ1) is 18.3. The van der Waals surface area contributed by atoms with Gasteiger partial charge in [-0.3, -0.25) is 9.59 Å². The second-order valence-electron chi connectivity index (χ2n) is 5.05. The normalized spacial score (nSPS) is 13.0. The van der Waals surface area contributed by atoms with Gasteiger partial charge in [0.2, 0.25) is 0 Å². The summed E-state index contributed by atoms with van der Waals surface area (Å²) in [6.07, 6.45) is -0.702. The van der Waals surface area contributed by atoms with Gasteiger partial charge in [-0.1, -0.05) is 29.8 Å². The van der Waals surface area contributed by atoms with Crippen molar-refractivity contribution in [3.05, 3.63) is 51.7 Å². The predicted molar refractivity (Wildman–Crippen MR) is 93.4 cm³/mol. The summed E-state index contributed by atoms with van der Waals surface area (Å²) in [4.78, 5) is 24.9. The van der Waals surface area contributed by atoms with Crippen LogP contribution in [0.1, 0.15) is 24.3 Å². The molecule has 0 bridgehead atoms. The van der Waals surface area contributed by atoms with Gasteiger partial charge in [-0.25, -0.2) is 0 Å². The number of carbonyl (C=O) groups excluding carboxylic acids is 2. The van der Waals surface area contributed by atoms with Crippen molar-refractivity contribution in [2.24, 2.45) is 0 Å². The van der Waals surface area contributed by atoms with E-state index in [4.69, 9.17) is 21.1 Å². The average Bonchev–Trinajstić information content (AvgIpc) is 3.10. The van der Waals surface area contributed by atoms with Crippen molar-refractivity contribution >= 4 is 34.8 Å². The lowest BCUT2D eigenvalue weighted by Crippen LogP contribution is -2.39. The van der Waals surface area contributed by atoms with Gasteiger partial charge in [0.25, 0.3) is 5.91 Å². The summed E-state index contributed by atoms with van der Waals surface area (Å²) in [5, 5.41) is 5.14. The molecule has 0 aliphatic heterocycles. The van der Waals surface area contributed by atoms with Crippen LogP contribution < -0.4 is 10.1 Å². The van der Waals surface area contributed by atoms with Crippen LogP contribution >= 0.6 is 22.9 Å². The van der Waals surface area contributed by atoms with Gasteiger partial charge in [0.15, 0.2) is 6.10 Å². The van der Waals surface area contributed by atoms with Gasteiger partial charge in [0.05, 0.1) is 24.6 Å². The van der Waals surface area contributed by atoms with Crippen molar-refractivity contribution in [3.8, 4) is 5.75 Å². The fraction of sp³-hybridized carbons (Fsp3) is 0.294. The number of methoxy groups -OCH3 is 1. The molecule has 0 saturated carbocycles. The van der Waals surface area contributed by atoms with Gasteiger partial charge in [-0.15, -0.1) is 11.3 Å². The van der Waals surface area contributed by atoms with Crippen LogP contribution in [0.15, 0.2) is 41.8 Å². The highest BCUT2D eigenvalue weighted by molar-refractivity contribution is 7.10. The Morgan fingerprint density at radius 1 is 1.25 bits per heavy atom. The lowest BCUT2D eigenvalue weighted by molar-refractivity contribution is -0.141. The second-order valence-corrected chi connectivity index (χ2v) is 6.43. The van der Waals surface area contributed by atoms with E-state index in [-0.39, 0.29) is 12.3 Å². The number of benzene rings is 1. The van der Waals surface area contributed by atoms with Crippen molar-refractivity contribution in [2.75, 3.05) is 7.11 Å². The molecule has 0 fully saturated rings. The van der Waals surface area contributed by atoms with Gasteiger partial charge in [-0.05, 0) is 30.5 Å². The van der Waals surface area contributed by atoms with E-state index in [1.807, 2.05) is 17.5 Å². The molecular formula is C17H18ClNO4S. The third-order valence-corrected chi connectivity index (χ3v) is 4.61. The van der Waals surface area contributed by atoms with Crippen molar-refractivity contribution in [1.82, 2.24) is 5.32 Å². The van der Waals surface area contributed by atoms with E-state index in [0.717, 1.165) is 4.88 Å². The van der Waals surface area contributed by atoms with Crippen LogP contribution in [0.2, 0.25) is 5.02 Å². The molecule has 0 aliphatic rings. The number of amides is 1. The van der Waals surface area contributed by atoms with Crippen LogP contribution in [-0.2, 0) is 14.3 Å². The molecule has 24 heavy (non-hydrogen) atoms. The number of hydrogen-bond acceptors (Lipinski definition) is 5. The predicted octanol–water partition coefficient (Wildman–Crippen LogP) is 3.59. The van der Waals surface area contributed by atoms with Crippen molar-refractivity contribution in [3.63, 3.8) is 0 Å². The Bertz CT molecular complexity index is 690. The van der Waals surface area contributed by atoms with Crippen LogP contribution in [0, 0.1) is 0 Å². The molecule has 1 heterocycles. The zero-order valence-corrected chi connectivity index (χ0v) is 14.9. The number of rotatable bonds is 7. The Labute approximate surface area is 149 Å². The summed E-state index contributed by atoms with van der Waals surface area (Å²) < 4.78 is 10.3. The summed E-state index contributed by atoms with van der Waals surface area (Å²) in [7, 11) is 1.32. The molecule has 5 nitrogen and oxygen atoms in total. The number of esters is 1. The zero-order chi connectivity index (χ0) is 17.5. The minimum Gasteiger partial charge on any atom is -0.479 e. The smallest absolute Gasteiger partial charge is 0.307 e. The molecule has 2 rings (SSSR count). The summed E-state index contributed by atoms with van der Waals surface area (Å²) >= 11 is 7.49. The van der Waals surface area contributed by atoms with E-state index in [1.165, 1.54) is 18.4 Å². The highest BCUT2D eigenvalue weighted by Gasteiger charge is 2.24. The number of thiophene rings is 1. The number of para-hydroxylation sites is 1. The fourth-order valence-corrected chi connectivity index (χ4v) is 2.99. The molecule has 128 valence electrons. The van der Waals surface area contributed by atoms with Crippen molar-refractivity contribution in [2.45, 2.75) is 25.5 Å². The minimum absolute atomic E-state index is 0.0571. The Kier molecular flexibility index (Phi) is 6.63. The molecule has 0 aliphatic carbocycles. The molecule has 1 aromatic carbocycles. The maximum absolute atomic E-state index is 12.4. The number of carbonyl (C=O) groups is 2. The molecule has 2 atom stereocenters. The van der Waals surface area contributed by atoms with Gasteiger partial charge < -0.3 is 14.8 Å². The van der Waals surface area contributed by atoms with Crippen LogP contribution in [0.4, 0.5) is 0 Å². The quantitative estimate of drug-likeness (QED) is 0.759. The highest BCUT2D eigenvalue weighted by atomic mass is 35.5. The van der Waals surface area contributed by atoms with Crippen molar-refractivity contribution in [1.29, 1.82) is 0 Å². The molecule has 2 unspecified atom stereocenters. The maximum Gasteiger partial charge on any atom is 0.307 e. The van der Waals surface area contributed by atoms with E-state index in [9.17, 15) is 9.59 Å². The lowest BCUT2D eigenvalue weighted by atomic mass is 10.1. The molecule has 1 amide bonds. The number of ether oxygens (including phenoxy) is 2. The van der Waals surface area contributed by atoms with Crippen LogP contribution in [-0.4, -0.2) is 25.1 Å². The van der Waals surface area contributed by atoms with Gasteiger partial charge in [0.1, 0.15) is 5.75 Å². The molecule has 1 aromatic heterocycles. The summed E-state index contributed by atoms with van der Waals surface area (Å²) in [6, 6.07) is 10.2.